The van der Waals surface area contributed by atoms with Crippen molar-refractivity contribution in [1.29, 1.82) is 0 Å². The second-order valence-electron chi connectivity index (χ2n) is 3.99. The molecule has 0 saturated heterocycles. The van der Waals surface area contributed by atoms with Gasteiger partial charge in [-0.05, 0) is 0 Å². The zero-order valence-corrected chi connectivity index (χ0v) is 10.2. The third-order valence-electron chi connectivity index (χ3n) is 2.14. The zero-order chi connectivity index (χ0) is 9.73. The molecule has 1 aromatic carbocycles. The van der Waals surface area contributed by atoms with Gasteiger partial charge in [0, 0.05) is 5.56 Å². The molecule has 0 saturated carbocycles. The van der Waals surface area contributed by atoms with Gasteiger partial charge in [-0.3, -0.25) is 0 Å². The Bertz CT molecular complexity index is 247. The summed E-state index contributed by atoms with van der Waals surface area (Å²) in [5, 5.41) is 0. The summed E-state index contributed by atoms with van der Waals surface area (Å²) in [6.07, 6.45) is 0. The van der Waals surface area contributed by atoms with Crippen LogP contribution in [0.2, 0.25) is 0 Å². The first-order valence-electron chi connectivity index (χ1n) is 4.56. The number of nitrogens with zero attached hydrogens (tertiary/aromatic N) is 1. The van der Waals surface area contributed by atoms with Gasteiger partial charge in [-0.15, -0.1) is 11.6 Å². The van der Waals surface area contributed by atoms with Crippen molar-refractivity contribution in [1.82, 2.24) is 0 Å². The van der Waals surface area contributed by atoms with Gasteiger partial charge in [-0.1, -0.05) is 30.3 Å². The topological polar surface area (TPSA) is 0 Å². The largest absolute Gasteiger partial charge is 1.00 e. The predicted octanol–water partition coefficient (Wildman–Crippen LogP) is -0.494. The molecule has 0 spiro atoms. The lowest BCUT2D eigenvalue weighted by molar-refractivity contribution is -0.901. The van der Waals surface area contributed by atoms with Crippen molar-refractivity contribution in [3.05, 3.63) is 35.9 Å². The molecule has 80 valence electrons. The van der Waals surface area contributed by atoms with Crippen LogP contribution < -0.4 is 12.4 Å². The summed E-state index contributed by atoms with van der Waals surface area (Å²) in [7, 11) is 4.41. The highest BCUT2D eigenvalue weighted by atomic mass is 35.5. The van der Waals surface area contributed by atoms with Gasteiger partial charge in [0.25, 0.3) is 0 Å². The molecule has 0 aliphatic heterocycles. The van der Waals surface area contributed by atoms with Crippen LogP contribution in [0.15, 0.2) is 30.3 Å². The first kappa shape index (κ1) is 13.8. The lowest BCUT2D eigenvalue weighted by atomic mass is 10.2. The maximum Gasteiger partial charge on any atom is 0.104 e. The Morgan fingerprint density at radius 2 is 1.71 bits per heavy atom. The normalized spacial score (nSPS) is 10.8. The van der Waals surface area contributed by atoms with Crippen molar-refractivity contribution >= 4 is 11.6 Å². The van der Waals surface area contributed by atoms with Gasteiger partial charge in [-0.2, -0.15) is 0 Å². The van der Waals surface area contributed by atoms with Crippen molar-refractivity contribution in [3.8, 4) is 0 Å². The predicted molar refractivity (Wildman–Crippen MR) is 57.8 cm³/mol. The maximum absolute atomic E-state index is 5.74. The number of hydrogen-bond acceptors (Lipinski definition) is 0. The third-order valence-corrected chi connectivity index (χ3v) is 2.31. The van der Waals surface area contributed by atoms with E-state index >= 15 is 0 Å². The number of quaternary nitrogens is 1. The summed E-state index contributed by atoms with van der Waals surface area (Å²) in [4.78, 5) is 0. The Morgan fingerprint density at radius 3 is 2.21 bits per heavy atom. The fourth-order valence-electron chi connectivity index (χ4n) is 1.39. The second-order valence-corrected chi connectivity index (χ2v) is 4.37. The van der Waals surface area contributed by atoms with E-state index < -0.39 is 0 Å². The third kappa shape index (κ3) is 4.85. The van der Waals surface area contributed by atoms with E-state index in [1.54, 1.807) is 0 Å². The molecule has 0 aromatic heterocycles. The molecular formula is C11H17Cl2N. The number of hydrogen-bond donors (Lipinski definition) is 0. The van der Waals surface area contributed by atoms with Gasteiger partial charge in [0.05, 0.1) is 26.5 Å². The standard InChI is InChI=1S/C11H17ClN.ClH/c1-13(2,9-8-12)10-11-6-4-3-5-7-11;/h3-7H,8-10H2,1-2H3;1H/q+1;/p-1. The fourth-order valence-corrected chi connectivity index (χ4v) is 1.84. The summed E-state index contributed by atoms with van der Waals surface area (Å²) < 4.78 is 0.952. The Hall–Kier alpha value is -0.240. The van der Waals surface area contributed by atoms with Crippen molar-refractivity contribution < 1.29 is 16.9 Å². The number of rotatable bonds is 4. The highest BCUT2D eigenvalue weighted by Gasteiger charge is 2.13. The molecule has 0 N–H and O–H groups in total. The van der Waals surface area contributed by atoms with Gasteiger partial charge >= 0.3 is 0 Å². The van der Waals surface area contributed by atoms with E-state index in [1.807, 2.05) is 6.07 Å². The van der Waals surface area contributed by atoms with E-state index in [4.69, 9.17) is 11.6 Å². The van der Waals surface area contributed by atoms with Gasteiger partial charge in [0.15, 0.2) is 0 Å². The Morgan fingerprint density at radius 1 is 1.14 bits per heavy atom. The van der Waals surface area contributed by atoms with Gasteiger partial charge in [-0.25, -0.2) is 0 Å². The summed E-state index contributed by atoms with van der Waals surface area (Å²) >= 11 is 5.74. The number of alkyl halides is 1. The van der Waals surface area contributed by atoms with E-state index in [9.17, 15) is 0 Å². The van der Waals surface area contributed by atoms with Crippen LogP contribution in [0.3, 0.4) is 0 Å². The highest BCUT2D eigenvalue weighted by molar-refractivity contribution is 6.17. The first-order valence-corrected chi connectivity index (χ1v) is 5.09. The van der Waals surface area contributed by atoms with Gasteiger partial charge in [0.2, 0.25) is 0 Å². The molecular weight excluding hydrogens is 217 g/mol. The Kier molecular flexibility index (Phi) is 6.17. The minimum absolute atomic E-state index is 0. The monoisotopic (exact) mass is 233 g/mol. The molecule has 0 fully saturated rings. The Balaban J connectivity index is 0.00000169. The van der Waals surface area contributed by atoms with Crippen LogP contribution >= 0.6 is 11.6 Å². The zero-order valence-electron chi connectivity index (χ0n) is 8.71. The van der Waals surface area contributed by atoms with Crippen molar-refractivity contribution in [2.45, 2.75) is 6.54 Å². The van der Waals surface area contributed by atoms with Crippen molar-refractivity contribution in [3.63, 3.8) is 0 Å². The molecule has 0 aliphatic rings. The minimum atomic E-state index is 0. The lowest BCUT2D eigenvalue weighted by Crippen LogP contribution is -3.00. The summed E-state index contributed by atoms with van der Waals surface area (Å²) in [5.41, 5.74) is 1.37. The maximum atomic E-state index is 5.74. The molecule has 14 heavy (non-hydrogen) atoms. The molecule has 0 aliphatic carbocycles. The van der Waals surface area contributed by atoms with Crippen LogP contribution in [-0.4, -0.2) is 31.0 Å². The number of halogens is 2. The van der Waals surface area contributed by atoms with Crippen LogP contribution in [0.4, 0.5) is 0 Å². The van der Waals surface area contributed by atoms with Crippen LogP contribution in [0.25, 0.3) is 0 Å². The molecule has 3 heteroatoms. The van der Waals surface area contributed by atoms with Gasteiger partial charge in [0.1, 0.15) is 6.54 Å². The second kappa shape index (κ2) is 6.28. The SMILES string of the molecule is C[N+](C)(CCCl)Cc1ccccc1.[Cl-]. The molecule has 0 amide bonds. The quantitative estimate of drug-likeness (QED) is 0.487. The first-order chi connectivity index (χ1) is 6.14. The Labute approximate surface area is 97.7 Å². The molecule has 0 bridgehead atoms. The van der Waals surface area contributed by atoms with E-state index in [-0.39, 0.29) is 12.4 Å². The molecule has 0 unspecified atom stereocenters. The summed E-state index contributed by atoms with van der Waals surface area (Å²) in [5.74, 6) is 0.722. The molecule has 1 aromatic rings. The molecule has 0 atom stereocenters. The minimum Gasteiger partial charge on any atom is -1.00 e. The smallest absolute Gasteiger partial charge is 0.104 e. The molecule has 0 radical (unpaired) electrons. The van der Waals surface area contributed by atoms with E-state index in [2.05, 4.69) is 38.4 Å². The van der Waals surface area contributed by atoms with Crippen LogP contribution in [0.1, 0.15) is 5.56 Å². The average Bonchev–Trinajstić information content (AvgIpc) is 2.04. The van der Waals surface area contributed by atoms with Crippen LogP contribution in [-0.2, 0) is 6.54 Å². The van der Waals surface area contributed by atoms with E-state index in [0.29, 0.717) is 0 Å². The van der Waals surface area contributed by atoms with Gasteiger partial charge < -0.3 is 16.9 Å². The van der Waals surface area contributed by atoms with Crippen LogP contribution in [0.5, 0.6) is 0 Å². The molecule has 0 heterocycles. The molecule has 1 rings (SSSR count). The van der Waals surface area contributed by atoms with Crippen molar-refractivity contribution in [2.24, 2.45) is 0 Å². The van der Waals surface area contributed by atoms with Crippen LogP contribution in [0, 0.1) is 0 Å². The fraction of sp³-hybridized carbons (Fsp3) is 0.455. The van der Waals surface area contributed by atoms with E-state index in [0.717, 1.165) is 23.5 Å². The number of benzene rings is 1. The summed E-state index contributed by atoms with van der Waals surface area (Å²) in [6.45, 7) is 2.06. The average molecular weight is 234 g/mol. The van der Waals surface area contributed by atoms with Crippen molar-refractivity contribution in [2.75, 3.05) is 26.5 Å². The summed E-state index contributed by atoms with van der Waals surface area (Å²) in [6, 6.07) is 10.5. The van der Waals surface area contributed by atoms with E-state index in [1.165, 1.54) is 5.56 Å². The lowest BCUT2D eigenvalue weighted by Gasteiger charge is -2.28. The molecule has 1 nitrogen and oxygen atoms in total. The highest BCUT2D eigenvalue weighted by Crippen LogP contribution is 2.08.